The van der Waals surface area contributed by atoms with Crippen molar-refractivity contribution in [2.45, 2.75) is 143 Å². The average Bonchev–Trinajstić information content (AvgIpc) is 3.39. The van der Waals surface area contributed by atoms with E-state index >= 15 is 0 Å². The van der Waals surface area contributed by atoms with Gasteiger partial charge in [0.05, 0.1) is 0 Å². The topological polar surface area (TPSA) is 6.48 Å². The van der Waals surface area contributed by atoms with Gasteiger partial charge in [-0.25, -0.2) is 0 Å². The molecule has 0 atom stereocenters. The smallest absolute Gasteiger partial charge is 0.252 e. The van der Waals surface area contributed by atoms with Gasteiger partial charge >= 0.3 is 0 Å². The summed E-state index contributed by atoms with van der Waals surface area (Å²) in [6.07, 6.45) is 3.30. The predicted octanol–water partition coefficient (Wildman–Crippen LogP) is 14.0. The lowest BCUT2D eigenvalue weighted by Gasteiger charge is -2.48. The van der Waals surface area contributed by atoms with Gasteiger partial charge in [-0.15, -0.1) is 0 Å². The third-order valence-corrected chi connectivity index (χ3v) is 15.4. The third kappa shape index (κ3) is 6.03. The first kappa shape index (κ1) is 36.6. The first-order valence-corrected chi connectivity index (χ1v) is 22.7. The van der Waals surface area contributed by atoms with Gasteiger partial charge in [0.25, 0.3) is 6.71 Å². The summed E-state index contributed by atoms with van der Waals surface area (Å²) in [5.74, 6) is 0. The molecule has 6 aromatic carbocycles. The van der Waals surface area contributed by atoms with Crippen molar-refractivity contribution in [3.63, 3.8) is 0 Å². The van der Waals surface area contributed by atoms with Gasteiger partial charge in [0, 0.05) is 38.2 Å². The van der Waals surface area contributed by atoms with Crippen LogP contribution in [-0.2, 0) is 27.1 Å². The molecule has 61 heavy (non-hydrogen) atoms. The molecule has 2 aliphatic heterocycles. The molecule has 10 rings (SSSR count). The van der Waals surface area contributed by atoms with Crippen LogP contribution >= 0.6 is 0 Å². The number of fused-ring (bicyclic) bond motifs is 6. The van der Waals surface area contributed by atoms with Crippen molar-refractivity contribution in [2.24, 2.45) is 0 Å². The SMILES string of the molecule is [2H]C([2H])([2H])c1cc2c3c(c1)N(c1cc4c(cc1C)C(C)(C)CC4(C)C)c1cc4c(cc1B3c1cc(C(C)(C)C)ccc1N2c1ccc(-c2ccccc2)cc1C)C(C)(C)CCC4(C)C. The maximum atomic E-state index is 9.08. The number of nitrogens with zero attached hydrogens (tertiary/aromatic N) is 2. The van der Waals surface area contributed by atoms with Gasteiger partial charge in [-0.1, -0.05) is 137 Å². The van der Waals surface area contributed by atoms with Crippen molar-refractivity contribution in [3.05, 3.63) is 148 Å². The van der Waals surface area contributed by atoms with E-state index in [9.17, 15) is 0 Å². The van der Waals surface area contributed by atoms with Crippen LogP contribution in [0.1, 0.15) is 144 Å². The average molecular weight is 804 g/mol. The predicted molar refractivity (Wildman–Crippen MR) is 265 cm³/mol. The maximum Gasteiger partial charge on any atom is 0.252 e. The Hall–Kier alpha value is -5.02. The number of benzene rings is 6. The zero-order valence-corrected chi connectivity index (χ0v) is 38.9. The van der Waals surface area contributed by atoms with Crippen molar-refractivity contribution >= 4 is 57.2 Å². The number of aryl methyl sites for hydroxylation is 3. The lowest BCUT2D eigenvalue weighted by molar-refractivity contribution is 0.332. The number of rotatable bonds is 3. The highest BCUT2D eigenvalue weighted by Crippen LogP contribution is 2.55. The van der Waals surface area contributed by atoms with Gasteiger partial charge in [-0.05, 0) is 182 Å². The zero-order chi connectivity index (χ0) is 45.8. The molecule has 2 aliphatic carbocycles. The summed E-state index contributed by atoms with van der Waals surface area (Å²) in [5.41, 5.74) is 21.9. The molecule has 0 fully saturated rings. The second-order valence-electron chi connectivity index (χ2n) is 22.8. The van der Waals surface area contributed by atoms with Crippen LogP contribution in [0.2, 0.25) is 0 Å². The van der Waals surface area contributed by atoms with Crippen LogP contribution in [0.15, 0.2) is 103 Å². The van der Waals surface area contributed by atoms with E-state index in [1.165, 1.54) is 49.9 Å². The highest BCUT2D eigenvalue weighted by atomic mass is 15.2. The minimum absolute atomic E-state index is 0.00751. The molecule has 0 aromatic heterocycles. The highest BCUT2D eigenvalue weighted by molar-refractivity contribution is 7.00. The summed E-state index contributed by atoms with van der Waals surface area (Å²) in [4.78, 5) is 4.89. The zero-order valence-electron chi connectivity index (χ0n) is 41.9. The number of hydrogen-bond acceptors (Lipinski definition) is 2. The van der Waals surface area contributed by atoms with Crippen molar-refractivity contribution in [1.29, 1.82) is 0 Å². The highest BCUT2D eigenvalue weighted by Gasteiger charge is 2.48. The molecule has 0 N–H and O–H groups in total. The number of anilines is 6. The van der Waals surface area contributed by atoms with Crippen LogP contribution in [0.25, 0.3) is 11.1 Å². The summed E-state index contributed by atoms with van der Waals surface area (Å²) in [6, 6.07) is 38.5. The molecule has 0 amide bonds. The quantitative estimate of drug-likeness (QED) is 0.164. The monoisotopic (exact) mass is 804 g/mol. The molecule has 0 spiro atoms. The first-order chi connectivity index (χ1) is 29.8. The fourth-order valence-electron chi connectivity index (χ4n) is 12.1. The van der Waals surface area contributed by atoms with E-state index in [0.29, 0.717) is 5.56 Å². The maximum absolute atomic E-state index is 9.08. The van der Waals surface area contributed by atoms with Gasteiger partial charge in [-0.3, -0.25) is 0 Å². The summed E-state index contributed by atoms with van der Waals surface area (Å²) >= 11 is 0. The number of hydrogen-bond donors (Lipinski definition) is 0. The molecule has 3 heteroatoms. The van der Waals surface area contributed by atoms with Crippen LogP contribution < -0.4 is 26.2 Å². The minimum Gasteiger partial charge on any atom is -0.311 e. The Balaban J connectivity index is 1.35. The van der Waals surface area contributed by atoms with Crippen LogP contribution in [0, 0.1) is 20.7 Å². The first-order valence-electron chi connectivity index (χ1n) is 24.2. The molecule has 310 valence electrons. The van der Waals surface area contributed by atoms with Crippen molar-refractivity contribution in [1.82, 2.24) is 0 Å². The van der Waals surface area contributed by atoms with E-state index in [1.54, 1.807) is 0 Å². The molecule has 0 unspecified atom stereocenters. The van der Waals surface area contributed by atoms with Crippen LogP contribution in [0.5, 0.6) is 0 Å². The van der Waals surface area contributed by atoms with E-state index < -0.39 is 6.85 Å². The Labute approximate surface area is 371 Å². The standard InChI is InChI=1S/C58H65BN2/c1-35-26-51-53-52(27-35)61(49-32-44-41(29-37(49)3)57(11,12)34-58(44,13)14)50-33-43-42(55(7,8)24-25-56(43,9)10)31-46(50)59(53)45-30-40(54(4,5)6)21-23-48(45)60(51)47-22-20-39(28-36(47)2)38-18-16-15-17-19-38/h15-23,26-33H,24-25,34H2,1-14H3/i1D3. The molecule has 6 aromatic rings. The molecule has 0 radical (unpaired) electrons. The summed E-state index contributed by atoms with van der Waals surface area (Å²) in [5, 5.41) is 0. The fourth-order valence-corrected chi connectivity index (χ4v) is 12.1. The Kier molecular flexibility index (Phi) is 7.81. The van der Waals surface area contributed by atoms with Crippen LogP contribution in [0.4, 0.5) is 34.1 Å². The van der Waals surface area contributed by atoms with E-state index in [4.69, 9.17) is 4.11 Å². The Morgan fingerprint density at radius 2 is 1.05 bits per heavy atom. The summed E-state index contributed by atoms with van der Waals surface area (Å²) in [7, 11) is 0. The van der Waals surface area contributed by atoms with E-state index in [2.05, 4.69) is 191 Å². The van der Waals surface area contributed by atoms with Gasteiger partial charge in [0.1, 0.15) is 0 Å². The minimum atomic E-state index is -2.35. The summed E-state index contributed by atoms with van der Waals surface area (Å²) in [6.45, 7) is 28.2. The lowest BCUT2D eigenvalue weighted by atomic mass is 9.33. The van der Waals surface area contributed by atoms with E-state index in [0.717, 1.165) is 70.0 Å². The molecule has 0 saturated heterocycles. The Bertz CT molecular complexity index is 2930. The van der Waals surface area contributed by atoms with Crippen molar-refractivity contribution < 1.29 is 4.11 Å². The molecule has 2 nitrogen and oxygen atoms in total. The Morgan fingerprint density at radius 3 is 1.67 bits per heavy atom. The lowest BCUT2D eigenvalue weighted by Crippen LogP contribution is -2.62. The largest absolute Gasteiger partial charge is 0.311 e. The van der Waals surface area contributed by atoms with Gasteiger partial charge < -0.3 is 9.80 Å². The summed E-state index contributed by atoms with van der Waals surface area (Å²) < 4.78 is 27.2. The molecule has 4 aliphatic rings. The van der Waals surface area contributed by atoms with E-state index in [1.807, 2.05) is 12.1 Å². The second-order valence-corrected chi connectivity index (χ2v) is 22.8. The third-order valence-electron chi connectivity index (χ3n) is 15.4. The van der Waals surface area contributed by atoms with Gasteiger partial charge in [-0.2, -0.15) is 0 Å². The van der Waals surface area contributed by atoms with Crippen molar-refractivity contribution in [3.8, 4) is 11.1 Å². The van der Waals surface area contributed by atoms with E-state index in [-0.39, 0.29) is 33.8 Å². The molecule has 2 heterocycles. The van der Waals surface area contributed by atoms with Crippen LogP contribution in [-0.4, -0.2) is 6.71 Å². The van der Waals surface area contributed by atoms with Gasteiger partial charge in [0.2, 0.25) is 0 Å². The molecule has 0 saturated carbocycles. The van der Waals surface area contributed by atoms with Crippen LogP contribution in [0.3, 0.4) is 0 Å². The molecule has 0 bridgehead atoms. The fraction of sp³-hybridized carbons (Fsp3) is 0.379. The second kappa shape index (κ2) is 13.0. The Morgan fingerprint density at radius 1 is 0.508 bits per heavy atom. The molecular weight excluding hydrogens is 735 g/mol. The molecular formula is C58H65BN2. The van der Waals surface area contributed by atoms with Gasteiger partial charge in [0.15, 0.2) is 0 Å². The van der Waals surface area contributed by atoms with Crippen molar-refractivity contribution in [2.75, 3.05) is 9.80 Å². The normalized spacial score (nSPS) is 19.5.